The van der Waals surface area contributed by atoms with Gasteiger partial charge in [0.1, 0.15) is 11.5 Å². The first-order valence-electron chi connectivity index (χ1n) is 6.67. The predicted octanol–water partition coefficient (Wildman–Crippen LogP) is 1.18. The summed E-state index contributed by atoms with van der Waals surface area (Å²) in [6.45, 7) is 5.44. The molecule has 1 amide bonds. The molecular weight excluding hydrogens is 242 g/mol. The van der Waals surface area contributed by atoms with Crippen LogP contribution < -0.4 is 10.2 Å². The number of aromatic nitrogens is 1. The van der Waals surface area contributed by atoms with Gasteiger partial charge in [0.25, 0.3) is 5.91 Å². The minimum Gasteiger partial charge on any atom is -0.394 e. The van der Waals surface area contributed by atoms with Crippen molar-refractivity contribution in [3.63, 3.8) is 0 Å². The van der Waals surface area contributed by atoms with Crippen LogP contribution in [-0.4, -0.2) is 41.2 Å². The standard InChI is InChI=1S/C14H21N3O2/c1-14(2,10-18)16-13(19)11-6-5-7-12(15-11)17-8-3-4-9-17/h5-7,18H,3-4,8-10H2,1-2H3,(H,16,19). The number of carbonyl (C=O) groups excluding carboxylic acids is 1. The largest absolute Gasteiger partial charge is 0.394 e. The molecule has 1 fully saturated rings. The van der Waals surface area contributed by atoms with Gasteiger partial charge in [0.2, 0.25) is 0 Å². The van der Waals surface area contributed by atoms with Crippen LogP contribution in [0, 0.1) is 0 Å². The Labute approximate surface area is 113 Å². The first kappa shape index (κ1) is 13.8. The summed E-state index contributed by atoms with van der Waals surface area (Å²) >= 11 is 0. The van der Waals surface area contributed by atoms with Crippen LogP contribution in [-0.2, 0) is 0 Å². The van der Waals surface area contributed by atoms with E-state index in [4.69, 9.17) is 0 Å². The molecule has 1 aromatic heterocycles. The van der Waals surface area contributed by atoms with Gasteiger partial charge in [-0.05, 0) is 38.8 Å². The van der Waals surface area contributed by atoms with E-state index < -0.39 is 5.54 Å². The van der Waals surface area contributed by atoms with Crippen molar-refractivity contribution in [1.82, 2.24) is 10.3 Å². The normalized spacial score (nSPS) is 15.6. The molecule has 0 aliphatic carbocycles. The molecule has 0 aromatic carbocycles. The molecule has 1 saturated heterocycles. The van der Waals surface area contributed by atoms with E-state index in [1.165, 1.54) is 12.8 Å². The summed E-state index contributed by atoms with van der Waals surface area (Å²) in [7, 11) is 0. The van der Waals surface area contributed by atoms with Crippen molar-refractivity contribution in [2.45, 2.75) is 32.2 Å². The van der Waals surface area contributed by atoms with Gasteiger partial charge >= 0.3 is 0 Å². The van der Waals surface area contributed by atoms with Crippen LogP contribution in [0.4, 0.5) is 5.82 Å². The number of pyridine rings is 1. The molecule has 2 rings (SSSR count). The molecule has 1 aliphatic heterocycles. The lowest BCUT2D eigenvalue weighted by atomic mass is 10.1. The van der Waals surface area contributed by atoms with Gasteiger partial charge in [0.05, 0.1) is 12.1 Å². The second kappa shape index (κ2) is 5.57. The Morgan fingerprint density at radius 2 is 2.11 bits per heavy atom. The molecule has 2 heterocycles. The van der Waals surface area contributed by atoms with Crippen molar-refractivity contribution >= 4 is 11.7 Å². The minimum atomic E-state index is -0.636. The second-order valence-electron chi connectivity index (χ2n) is 5.57. The van der Waals surface area contributed by atoms with Crippen LogP contribution in [0.25, 0.3) is 0 Å². The van der Waals surface area contributed by atoms with Crippen molar-refractivity contribution < 1.29 is 9.90 Å². The van der Waals surface area contributed by atoms with Crippen molar-refractivity contribution in [2.24, 2.45) is 0 Å². The monoisotopic (exact) mass is 263 g/mol. The van der Waals surface area contributed by atoms with E-state index in [2.05, 4.69) is 15.2 Å². The third-order valence-corrected chi connectivity index (χ3v) is 3.24. The number of rotatable bonds is 4. The van der Waals surface area contributed by atoms with Gasteiger partial charge < -0.3 is 15.3 Å². The van der Waals surface area contributed by atoms with Gasteiger partial charge in [0, 0.05) is 13.1 Å². The number of hydrogen-bond acceptors (Lipinski definition) is 4. The van der Waals surface area contributed by atoms with E-state index in [9.17, 15) is 9.90 Å². The van der Waals surface area contributed by atoms with Crippen LogP contribution in [0.15, 0.2) is 18.2 Å². The Bertz CT molecular complexity index is 454. The Balaban J connectivity index is 2.12. The lowest BCUT2D eigenvalue weighted by Crippen LogP contribution is -2.46. The highest BCUT2D eigenvalue weighted by molar-refractivity contribution is 5.93. The van der Waals surface area contributed by atoms with E-state index in [-0.39, 0.29) is 12.5 Å². The highest BCUT2D eigenvalue weighted by Gasteiger charge is 2.21. The summed E-state index contributed by atoms with van der Waals surface area (Å²) in [5, 5.41) is 11.9. The van der Waals surface area contributed by atoms with E-state index in [1.54, 1.807) is 19.9 Å². The molecule has 1 aromatic rings. The Morgan fingerprint density at radius 1 is 1.42 bits per heavy atom. The highest BCUT2D eigenvalue weighted by Crippen LogP contribution is 2.18. The number of aliphatic hydroxyl groups is 1. The van der Waals surface area contributed by atoms with Crippen molar-refractivity contribution in [1.29, 1.82) is 0 Å². The number of nitrogens with one attached hydrogen (secondary N) is 1. The van der Waals surface area contributed by atoms with Gasteiger partial charge in [0.15, 0.2) is 0 Å². The van der Waals surface area contributed by atoms with Crippen LogP contribution in [0.2, 0.25) is 0 Å². The van der Waals surface area contributed by atoms with Crippen LogP contribution in [0.1, 0.15) is 37.2 Å². The summed E-state index contributed by atoms with van der Waals surface area (Å²) in [6, 6.07) is 5.48. The molecule has 0 bridgehead atoms. The van der Waals surface area contributed by atoms with Crippen molar-refractivity contribution in [3.8, 4) is 0 Å². The molecular formula is C14H21N3O2. The van der Waals surface area contributed by atoms with Gasteiger partial charge in [-0.25, -0.2) is 4.98 Å². The number of anilines is 1. The van der Waals surface area contributed by atoms with Gasteiger partial charge in [-0.1, -0.05) is 6.07 Å². The molecule has 0 saturated carbocycles. The SMILES string of the molecule is CC(C)(CO)NC(=O)c1cccc(N2CCCC2)n1. The number of carbonyl (C=O) groups is 1. The first-order valence-corrected chi connectivity index (χ1v) is 6.67. The zero-order valence-corrected chi connectivity index (χ0v) is 11.5. The summed E-state index contributed by atoms with van der Waals surface area (Å²) < 4.78 is 0. The smallest absolute Gasteiger partial charge is 0.270 e. The molecule has 2 N–H and O–H groups in total. The van der Waals surface area contributed by atoms with Crippen molar-refractivity contribution in [3.05, 3.63) is 23.9 Å². The molecule has 0 radical (unpaired) electrons. The third-order valence-electron chi connectivity index (χ3n) is 3.24. The molecule has 0 spiro atoms. The summed E-state index contributed by atoms with van der Waals surface area (Å²) in [5.74, 6) is 0.604. The van der Waals surface area contributed by atoms with E-state index in [0.29, 0.717) is 5.69 Å². The third kappa shape index (κ3) is 3.44. The number of hydrogen-bond donors (Lipinski definition) is 2. The zero-order valence-electron chi connectivity index (χ0n) is 11.5. The topological polar surface area (TPSA) is 65.5 Å². The van der Waals surface area contributed by atoms with Crippen LogP contribution >= 0.6 is 0 Å². The fourth-order valence-corrected chi connectivity index (χ4v) is 2.08. The molecule has 1 aliphatic rings. The second-order valence-corrected chi connectivity index (χ2v) is 5.57. The quantitative estimate of drug-likeness (QED) is 0.856. The predicted molar refractivity (Wildman–Crippen MR) is 74.3 cm³/mol. The average Bonchev–Trinajstić information content (AvgIpc) is 2.92. The molecule has 5 nitrogen and oxygen atoms in total. The summed E-state index contributed by atoms with van der Waals surface area (Å²) in [4.78, 5) is 18.7. The zero-order chi connectivity index (χ0) is 13.9. The number of aliphatic hydroxyl groups excluding tert-OH is 1. The molecule has 0 atom stereocenters. The van der Waals surface area contributed by atoms with E-state index >= 15 is 0 Å². The fourth-order valence-electron chi connectivity index (χ4n) is 2.08. The molecule has 0 unspecified atom stereocenters. The Hall–Kier alpha value is -1.62. The molecule has 104 valence electrons. The Kier molecular flexibility index (Phi) is 4.04. The average molecular weight is 263 g/mol. The molecule has 5 heteroatoms. The van der Waals surface area contributed by atoms with Gasteiger partial charge in [-0.3, -0.25) is 4.79 Å². The van der Waals surface area contributed by atoms with Crippen LogP contribution in [0.5, 0.6) is 0 Å². The lowest BCUT2D eigenvalue weighted by molar-refractivity contribution is 0.0864. The minimum absolute atomic E-state index is 0.107. The fraction of sp³-hybridized carbons (Fsp3) is 0.571. The lowest BCUT2D eigenvalue weighted by Gasteiger charge is -2.23. The number of nitrogens with zero attached hydrogens (tertiary/aromatic N) is 2. The molecule has 19 heavy (non-hydrogen) atoms. The van der Waals surface area contributed by atoms with Gasteiger partial charge in [-0.2, -0.15) is 0 Å². The summed E-state index contributed by atoms with van der Waals surface area (Å²) in [6.07, 6.45) is 2.35. The first-order chi connectivity index (χ1) is 9.02. The summed E-state index contributed by atoms with van der Waals surface area (Å²) in [5.41, 5.74) is -0.242. The van der Waals surface area contributed by atoms with Crippen molar-refractivity contribution in [2.75, 3.05) is 24.6 Å². The highest BCUT2D eigenvalue weighted by atomic mass is 16.3. The van der Waals surface area contributed by atoms with Crippen LogP contribution in [0.3, 0.4) is 0 Å². The maximum atomic E-state index is 12.1. The Morgan fingerprint density at radius 3 is 2.74 bits per heavy atom. The maximum Gasteiger partial charge on any atom is 0.270 e. The van der Waals surface area contributed by atoms with Gasteiger partial charge in [-0.15, -0.1) is 0 Å². The maximum absolute atomic E-state index is 12.1. The van der Waals surface area contributed by atoms with E-state index in [1.807, 2.05) is 12.1 Å². The number of amides is 1. The van der Waals surface area contributed by atoms with E-state index in [0.717, 1.165) is 18.9 Å².